The third kappa shape index (κ3) is 4.41. The Kier molecular flexibility index (Phi) is 6.06. The molecule has 1 unspecified atom stereocenters. The standard InChI is InChI=1S/C16H26N4OS/c1-22-16-17-10-14(11-18-16)12-20-5-3-2-4-15(20)13-19-6-8-21-9-7-19/h10-11,15H,2-9,12-13H2,1H3. The summed E-state index contributed by atoms with van der Waals surface area (Å²) in [5.74, 6) is 0. The summed E-state index contributed by atoms with van der Waals surface area (Å²) >= 11 is 1.59. The van der Waals surface area contributed by atoms with Crippen LogP contribution < -0.4 is 0 Å². The first-order chi connectivity index (χ1) is 10.8. The maximum atomic E-state index is 5.46. The van der Waals surface area contributed by atoms with E-state index >= 15 is 0 Å². The van der Waals surface area contributed by atoms with Crippen molar-refractivity contribution >= 4 is 11.8 Å². The lowest BCUT2D eigenvalue weighted by Gasteiger charge is -2.39. The molecule has 1 atom stereocenters. The highest BCUT2D eigenvalue weighted by atomic mass is 32.2. The van der Waals surface area contributed by atoms with Crippen molar-refractivity contribution in [2.24, 2.45) is 0 Å². The molecule has 2 aliphatic heterocycles. The molecule has 0 saturated carbocycles. The van der Waals surface area contributed by atoms with Gasteiger partial charge in [0.2, 0.25) is 0 Å². The van der Waals surface area contributed by atoms with Crippen LogP contribution in [0, 0.1) is 0 Å². The van der Waals surface area contributed by atoms with Gasteiger partial charge in [-0.05, 0) is 25.6 Å². The fourth-order valence-electron chi connectivity index (χ4n) is 3.32. The normalized spacial score (nSPS) is 24.5. The van der Waals surface area contributed by atoms with Crippen LogP contribution in [0.4, 0.5) is 0 Å². The minimum Gasteiger partial charge on any atom is -0.379 e. The summed E-state index contributed by atoms with van der Waals surface area (Å²) in [5, 5.41) is 0.854. The van der Waals surface area contributed by atoms with Gasteiger partial charge in [-0.1, -0.05) is 18.2 Å². The second kappa shape index (κ2) is 8.24. The minimum absolute atomic E-state index is 0.659. The second-order valence-corrected chi connectivity index (χ2v) is 6.88. The summed E-state index contributed by atoms with van der Waals surface area (Å²) in [5.41, 5.74) is 1.23. The third-order valence-corrected chi connectivity index (χ3v) is 5.15. The monoisotopic (exact) mass is 322 g/mol. The van der Waals surface area contributed by atoms with Crippen LogP contribution >= 0.6 is 11.8 Å². The van der Waals surface area contributed by atoms with Crippen LogP contribution in [0.15, 0.2) is 17.6 Å². The lowest BCUT2D eigenvalue weighted by Crippen LogP contribution is -2.49. The van der Waals surface area contributed by atoms with Crippen molar-refractivity contribution in [3.63, 3.8) is 0 Å². The van der Waals surface area contributed by atoms with E-state index in [-0.39, 0.29) is 0 Å². The summed E-state index contributed by atoms with van der Waals surface area (Å²) in [4.78, 5) is 14.0. The average molecular weight is 322 g/mol. The Hall–Kier alpha value is -0.690. The van der Waals surface area contributed by atoms with E-state index in [1.807, 2.05) is 18.6 Å². The van der Waals surface area contributed by atoms with Gasteiger partial charge in [-0.3, -0.25) is 9.80 Å². The van der Waals surface area contributed by atoms with Gasteiger partial charge in [0.15, 0.2) is 5.16 Å². The summed E-state index contributed by atoms with van der Waals surface area (Å²) in [7, 11) is 0. The van der Waals surface area contributed by atoms with E-state index in [0.717, 1.165) is 38.0 Å². The molecule has 3 rings (SSSR count). The zero-order chi connectivity index (χ0) is 15.2. The molecule has 0 bridgehead atoms. The Bertz CT molecular complexity index is 450. The number of likely N-dealkylation sites (tertiary alicyclic amines) is 1. The molecule has 0 N–H and O–H groups in total. The number of morpholine rings is 1. The van der Waals surface area contributed by atoms with Crippen molar-refractivity contribution in [1.29, 1.82) is 0 Å². The zero-order valence-corrected chi connectivity index (χ0v) is 14.2. The number of rotatable bonds is 5. The van der Waals surface area contributed by atoms with Gasteiger partial charge < -0.3 is 4.74 Å². The molecule has 0 aromatic carbocycles. The minimum atomic E-state index is 0.659. The van der Waals surface area contributed by atoms with Gasteiger partial charge in [-0.25, -0.2) is 9.97 Å². The van der Waals surface area contributed by atoms with Crippen LogP contribution in [0.5, 0.6) is 0 Å². The lowest BCUT2D eigenvalue weighted by atomic mass is 10.0. The predicted octanol–water partition coefficient (Wildman–Crippen LogP) is 1.89. The SMILES string of the molecule is CSc1ncc(CN2CCCCC2CN2CCOCC2)cn1. The zero-order valence-electron chi connectivity index (χ0n) is 13.4. The molecule has 0 aliphatic carbocycles. The Labute approximate surface area is 137 Å². The summed E-state index contributed by atoms with van der Waals surface area (Å²) < 4.78 is 5.46. The van der Waals surface area contributed by atoms with Crippen LogP contribution in [0.1, 0.15) is 24.8 Å². The van der Waals surface area contributed by atoms with E-state index in [1.54, 1.807) is 11.8 Å². The van der Waals surface area contributed by atoms with Gasteiger partial charge in [0.25, 0.3) is 0 Å². The Morgan fingerprint density at radius 2 is 1.95 bits per heavy atom. The highest BCUT2D eigenvalue weighted by Crippen LogP contribution is 2.21. The number of ether oxygens (including phenoxy) is 1. The molecule has 0 amide bonds. The average Bonchev–Trinajstić information content (AvgIpc) is 2.58. The van der Waals surface area contributed by atoms with Crippen molar-refractivity contribution in [3.8, 4) is 0 Å². The van der Waals surface area contributed by atoms with E-state index in [2.05, 4.69) is 19.8 Å². The Morgan fingerprint density at radius 3 is 2.68 bits per heavy atom. The van der Waals surface area contributed by atoms with Gasteiger partial charge in [-0.2, -0.15) is 0 Å². The van der Waals surface area contributed by atoms with E-state index in [9.17, 15) is 0 Å². The maximum Gasteiger partial charge on any atom is 0.187 e. The maximum absolute atomic E-state index is 5.46. The smallest absolute Gasteiger partial charge is 0.187 e. The fraction of sp³-hybridized carbons (Fsp3) is 0.750. The van der Waals surface area contributed by atoms with Gasteiger partial charge in [0, 0.05) is 50.2 Å². The molecule has 1 aromatic rings. The van der Waals surface area contributed by atoms with E-state index < -0.39 is 0 Å². The summed E-state index contributed by atoms with van der Waals surface area (Å²) in [6.07, 6.45) is 9.95. The van der Waals surface area contributed by atoms with Gasteiger partial charge in [0.05, 0.1) is 13.2 Å². The highest BCUT2D eigenvalue weighted by Gasteiger charge is 2.25. The summed E-state index contributed by atoms with van der Waals surface area (Å²) in [6, 6.07) is 0.659. The van der Waals surface area contributed by atoms with Crippen LogP contribution in [0.25, 0.3) is 0 Å². The Balaban J connectivity index is 1.58. The Morgan fingerprint density at radius 1 is 1.18 bits per heavy atom. The second-order valence-electron chi connectivity index (χ2n) is 6.11. The van der Waals surface area contributed by atoms with Crippen LogP contribution in [-0.2, 0) is 11.3 Å². The molecule has 0 radical (unpaired) electrons. The molecule has 6 heteroatoms. The number of thioether (sulfide) groups is 1. The molecule has 2 fully saturated rings. The molecular formula is C16H26N4OS. The predicted molar refractivity (Wildman–Crippen MR) is 89.1 cm³/mol. The number of aromatic nitrogens is 2. The molecule has 3 heterocycles. The largest absolute Gasteiger partial charge is 0.379 e. The molecule has 2 saturated heterocycles. The molecule has 0 spiro atoms. The molecule has 2 aliphatic rings. The number of nitrogens with zero attached hydrogens (tertiary/aromatic N) is 4. The first-order valence-corrected chi connectivity index (χ1v) is 9.46. The van der Waals surface area contributed by atoms with Crippen molar-refractivity contribution in [3.05, 3.63) is 18.0 Å². The van der Waals surface area contributed by atoms with E-state index in [0.29, 0.717) is 6.04 Å². The topological polar surface area (TPSA) is 41.5 Å². The number of piperidine rings is 1. The van der Waals surface area contributed by atoms with Gasteiger partial charge >= 0.3 is 0 Å². The van der Waals surface area contributed by atoms with Crippen molar-refractivity contribution < 1.29 is 4.74 Å². The quantitative estimate of drug-likeness (QED) is 0.609. The van der Waals surface area contributed by atoms with Gasteiger partial charge in [-0.15, -0.1) is 0 Å². The third-order valence-electron chi connectivity index (χ3n) is 4.57. The first-order valence-electron chi connectivity index (χ1n) is 8.24. The summed E-state index contributed by atoms with van der Waals surface area (Å²) in [6.45, 7) is 7.27. The number of hydrogen-bond acceptors (Lipinski definition) is 6. The molecule has 5 nitrogen and oxygen atoms in total. The van der Waals surface area contributed by atoms with Crippen molar-refractivity contribution in [2.45, 2.75) is 37.0 Å². The molecule has 1 aromatic heterocycles. The van der Waals surface area contributed by atoms with Crippen molar-refractivity contribution in [2.75, 3.05) is 45.6 Å². The van der Waals surface area contributed by atoms with Crippen molar-refractivity contribution in [1.82, 2.24) is 19.8 Å². The van der Waals surface area contributed by atoms with Crippen LogP contribution in [0.3, 0.4) is 0 Å². The molecule has 122 valence electrons. The highest BCUT2D eigenvalue weighted by molar-refractivity contribution is 7.98. The van der Waals surface area contributed by atoms with Crippen LogP contribution in [-0.4, -0.2) is 71.5 Å². The number of hydrogen-bond donors (Lipinski definition) is 0. The van der Waals surface area contributed by atoms with E-state index in [4.69, 9.17) is 4.74 Å². The lowest BCUT2D eigenvalue weighted by molar-refractivity contribution is 0.0152. The fourth-order valence-corrected chi connectivity index (χ4v) is 3.64. The van der Waals surface area contributed by atoms with E-state index in [1.165, 1.54) is 37.9 Å². The first kappa shape index (κ1) is 16.2. The van der Waals surface area contributed by atoms with Crippen LogP contribution in [0.2, 0.25) is 0 Å². The molecule has 22 heavy (non-hydrogen) atoms. The van der Waals surface area contributed by atoms with Gasteiger partial charge in [0.1, 0.15) is 0 Å². The molecular weight excluding hydrogens is 296 g/mol.